The van der Waals surface area contributed by atoms with E-state index < -0.39 is 8.07 Å². The quantitative estimate of drug-likeness (QED) is 0.591. The third-order valence-corrected chi connectivity index (χ3v) is 3.45. The van der Waals surface area contributed by atoms with Crippen molar-refractivity contribution in [2.75, 3.05) is 0 Å². The van der Waals surface area contributed by atoms with Crippen molar-refractivity contribution in [3.8, 4) is 17.3 Å². The Hall–Kier alpha value is -1.93. The van der Waals surface area contributed by atoms with Crippen LogP contribution >= 0.6 is 0 Å². The van der Waals surface area contributed by atoms with Crippen LogP contribution in [0.1, 0.15) is 17.1 Å². The first-order chi connectivity index (χ1) is 8.87. The number of nitrogens with zero attached hydrogens (tertiary/aromatic N) is 4. The molecule has 19 heavy (non-hydrogen) atoms. The Balaban J connectivity index is 2.37. The second-order valence-electron chi connectivity index (χ2n) is 5.56. The fourth-order valence-corrected chi connectivity index (χ4v) is 2.01. The molecule has 0 saturated carbocycles. The van der Waals surface area contributed by atoms with Crippen molar-refractivity contribution >= 4 is 8.07 Å². The zero-order valence-electron chi connectivity index (χ0n) is 12.0. The maximum absolute atomic E-state index is 4.36. The monoisotopic (exact) mass is 270 g/mol. The number of hydrogen-bond donors (Lipinski definition) is 0. The van der Waals surface area contributed by atoms with Gasteiger partial charge in [0.25, 0.3) is 0 Å². The standard InChI is InChI=1S/C14H18N4Si/c1-11-8-16-14(9-15-11)18-10-17-13(12(18)2)6-7-19(3,4)5/h8-10H,1-5H3. The molecule has 4 nitrogen and oxygen atoms in total. The van der Waals surface area contributed by atoms with Gasteiger partial charge in [-0.1, -0.05) is 25.6 Å². The summed E-state index contributed by atoms with van der Waals surface area (Å²) in [7, 11) is -1.38. The number of hydrogen-bond acceptors (Lipinski definition) is 3. The molecular weight excluding hydrogens is 252 g/mol. The lowest BCUT2D eigenvalue weighted by molar-refractivity contribution is 0.925. The topological polar surface area (TPSA) is 43.6 Å². The molecular formula is C14H18N4Si. The summed E-state index contributed by atoms with van der Waals surface area (Å²) in [5, 5.41) is 0. The highest BCUT2D eigenvalue weighted by molar-refractivity contribution is 6.83. The fourth-order valence-electron chi connectivity index (χ4n) is 1.52. The molecule has 98 valence electrons. The highest BCUT2D eigenvalue weighted by Crippen LogP contribution is 2.11. The smallest absolute Gasteiger partial charge is 0.156 e. The maximum Gasteiger partial charge on any atom is 0.156 e. The minimum absolute atomic E-state index is 0.775. The first-order valence-electron chi connectivity index (χ1n) is 6.23. The van der Waals surface area contributed by atoms with Crippen molar-refractivity contribution in [3.63, 3.8) is 0 Å². The molecule has 2 aromatic rings. The van der Waals surface area contributed by atoms with Gasteiger partial charge in [-0.15, -0.1) is 5.54 Å². The zero-order chi connectivity index (χ0) is 14.0. The lowest BCUT2D eigenvalue weighted by Crippen LogP contribution is -2.16. The molecule has 0 aromatic carbocycles. The summed E-state index contributed by atoms with van der Waals surface area (Å²) in [6.07, 6.45) is 5.25. The summed E-state index contributed by atoms with van der Waals surface area (Å²) in [4.78, 5) is 13.0. The number of rotatable bonds is 1. The largest absolute Gasteiger partial charge is 0.285 e. The van der Waals surface area contributed by atoms with Crippen LogP contribution in [0.3, 0.4) is 0 Å². The average molecular weight is 270 g/mol. The Kier molecular flexibility index (Phi) is 3.54. The summed E-state index contributed by atoms with van der Waals surface area (Å²) in [6.45, 7) is 10.6. The second kappa shape index (κ2) is 4.98. The Morgan fingerprint density at radius 2 is 1.79 bits per heavy atom. The molecule has 0 aliphatic carbocycles. The van der Waals surface area contributed by atoms with Gasteiger partial charge in [0.15, 0.2) is 5.82 Å². The minimum Gasteiger partial charge on any atom is -0.285 e. The van der Waals surface area contributed by atoms with Crippen LogP contribution in [0.25, 0.3) is 5.82 Å². The van der Waals surface area contributed by atoms with Gasteiger partial charge < -0.3 is 0 Å². The highest BCUT2D eigenvalue weighted by Gasteiger charge is 2.10. The molecule has 0 N–H and O–H groups in total. The molecule has 0 unspecified atom stereocenters. The molecule has 0 spiro atoms. The van der Waals surface area contributed by atoms with Gasteiger partial charge >= 0.3 is 0 Å². The van der Waals surface area contributed by atoms with Crippen LogP contribution in [0.4, 0.5) is 0 Å². The van der Waals surface area contributed by atoms with Crippen molar-refractivity contribution in [1.29, 1.82) is 0 Å². The summed E-state index contributed by atoms with van der Waals surface area (Å²) < 4.78 is 1.92. The third kappa shape index (κ3) is 3.29. The van der Waals surface area contributed by atoms with E-state index in [0.717, 1.165) is 22.9 Å². The maximum atomic E-state index is 4.36. The van der Waals surface area contributed by atoms with Crippen LogP contribution in [0.2, 0.25) is 19.6 Å². The molecule has 0 radical (unpaired) electrons. The van der Waals surface area contributed by atoms with Gasteiger partial charge in [-0.05, 0) is 13.8 Å². The molecule has 5 heteroatoms. The third-order valence-electron chi connectivity index (χ3n) is 2.58. The Labute approximate surface area is 115 Å². The average Bonchev–Trinajstić information content (AvgIpc) is 2.68. The SMILES string of the molecule is Cc1cnc(-n2cnc(C#C[Si](C)(C)C)c2C)cn1. The van der Waals surface area contributed by atoms with Crippen molar-refractivity contribution < 1.29 is 0 Å². The normalized spacial score (nSPS) is 11.0. The van der Waals surface area contributed by atoms with Crippen LogP contribution in [0.15, 0.2) is 18.7 Å². The molecule has 0 aliphatic rings. The van der Waals surface area contributed by atoms with Crippen molar-refractivity contribution in [3.05, 3.63) is 35.8 Å². The van der Waals surface area contributed by atoms with Gasteiger partial charge in [0.2, 0.25) is 0 Å². The first-order valence-corrected chi connectivity index (χ1v) is 9.73. The van der Waals surface area contributed by atoms with Gasteiger partial charge in [-0.3, -0.25) is 9.55 Å². The van der Waals surface area contributed by atoms with Gasteiger partial charge in [-0.25, -0.2) is 9.97 Å². The molecule has 0 atom stereocenters. The Bertz CT molecular complexity index is 639. The Morgan fingerprint density at radius 1 is 1.05 bits per heavy atom. The summed E-state index contributed by atoms with van der Waals surface area (Å²) in [5.74, 6) is 3.96. The summed E-state index contributed by atoms with van der Waals surface area (Å²) >= 11 is 0. The van der Waals surface area contributed by atoms with E-state index >= 15 is 0 Å². The molecule has 2 heterocycles. The molecule has 0 fully saturated rings. The zero-order valence-corrected chi connectivity index (χ0v) is 13.0. The van der Waals surface area contributed by atoms with Crippen molar-refractivity contribution in [2.45, 2.75) is 33.5 Å². The van der Waals surface area contributed by atoms with E-state index in [1.807, 2.05) is 18.4 Å². The predicted octanol–water partition coefficient (Wildman–Crippen LogP) is 2.51. The van der Waals surface area contributed by atoms with E-state index in [0.29, 0.717) is 0 Å². The van der Waals surface area contributed by atoms with Gasteiger partial charge in [0, 0.05) is 0 Å². The van der Waals surface area contributed by atoms with E-state index in [4.69, 9.17) is 0 Å². The first kappa shape index (κ1) is 13.5. The number of aryl methyl sites for hydroxylation is 1. The predicted molar refractivity (Wildman–Crippen MR) is 78.9 cm³/mol. The lowest BCUT2D eigenvalue weighted by atomic mass is 10.3. The number of aromatic nitrogens is 4. The van der Waals surface area contributed by atoms with Crippen LogP contribution in [0, 0.1) is 25.3 Å². The van der Waals surface area contributed by atoms with Crippen molar-refractivity contribution in [1.82, 2.24) is 19.5 Å². The molecule has 0 bridgehead atoms. The van der Waals surface area contributed by atoms with E-state index in [2.05, 4.69) is 46.1 Å². The van der Waals surface area contributed by atoms with Gasteiger partial charge in [0.1, 0.15) is 20.1 Å². The minimum atomic E-state index is -1.38. The van der Waals surface area contributed by atoms with Crippen LogP contribution in [-0.2, 0) is 0 Å². The molecule has 0 aliphatic heterocycles. The second-order valence-corrected chi connectivity index (χ2v) is 10.3. The van der Waals surface area contributed by atoms with Crippen LogP contribution < -0.4 is 0 Å². The summed E-state index contributed by atoms with van der Waals surface area (Å²) in [6, 6.07) is 0. The van der Waals surface area contributed by atoms with Gasteiger partial charge in [0.05, 0.1) is 23.8 Å². The fraction of sp³-hybridized carbons (Fsp3) is 0.357. The molecule has 2 rings (SSSR count). The van der Waals surface area contributed by atoms with E-state index in [9.17, 15) is 0 Å². The van der Waals surface area contributed by atoms with Crippen LogP contribution in [0.5, 0.6) is 0 Å². The van der Waals surface area contributed by atoms with Gasteiger partial charge in [-0.2, -0.15) is 0 Å². The number of imidazole rings is 1. The van der Waals surface area contributed by atoms with E-state index in [-0.39, 0.29) is 0 Å². The summed E-state index contributed by atoms with van der Waals surface area (Å²) in [5.41, 5.74) is 6.06. The molecule has 0 amide bonds. The molecule has 2 aromatic heterocycles. The van der Waals surface area contributed by atoms with E-state index in [1.165, 1.54) is 0 Å². The Morgan fingerprint density at radius 3 is 2.37 bits per heavy atom. The van der Waals surface area contributed by atoms with E-state index in [1.54, 1.807) is 18.7 Å². The van der Waals surface area contributed by atoms with Crippen LogP contribution in [-0.4, -0.2) is 27.6 Å². The van der Waals surface area contributed by atoms with Crippen molar-refractivity contribution in [2.24, 2.45) is 0 Å². The molecule has 0 saturated heterocycles. The lowest BCUT2D eigenvalue weighted by Gasteiger charge is -2.04. The highest BCUT2D eigenvalue weighted by atomic mass is 28.3.